The molecular formula is C23H19ClF3NO2. The third kappa shape index (κ3) is 5.07. The highest BCUT2D eigenvalue weighted by Gasteiger charge is 2.31. The number of hydrogen-bond donors (Lipinski definition) is 0. The van der Waals surface area contributed by atoms with Crippen LogP contribution in [0.25, 0.3) is 11.1 Å². The minimum Gasteiger partial charge on any atom is -0.492 e. The van der Waals surface area contributed by atoms with Crippen LogP contribution in [0.15, 0.2) is 66.7 Å². The Morgan fingerprint density at radius 2 is 1.70 bits per heavy atom. The van der Waals surface area contributed by atoms with Crippen molar-refractivity contribution >= 4 is 11.6 Å². The van der Waals surface area contributed by atoms with Crippen LogP contribution in [-0.4, -0.2) is 24.4 Å². The molecule has 0 aliphatic carbocycles. The van der Waals surface area contributed by atoms with Gasteiger partial charge in [0.25, 0.3) is 0 Å². The first-order chi connectivity index (χ1) is 14.4. The standard InChI is InChI=1S/C23H19ClF3NO2/c24-21-4-2-1-3-18(21)14-28-11-12-29-22-10-7-17(13-19(22)15-28)16-5-8-20(9-6-16)30-23(25,26)27/h1-10,13H,11-12,14-15H2. The monoisotopic (exact) mass is 433 g/mol. The first-order valence-electron chi connectivity index (χ1n) is 9.45. The normalized spacial score (nSPS) is 14.5. The number of benzene rings is 3. The van der Waals surface area contributed by atoms with Gasteiger partial charge >= 0.3 is 6.36 Å². The van der Waals surface area contributed by atoms with E-state index in [0.29, 0.717) is 19.7 Å². The minimum absolute atomic E-state index is 0.241. The van der Waals surface area contributed by atoms with Crippen molar-refractivity contribution in [1.82, 2.24) is 4.90 Å². The van der Waals surface area contributed by atoms with Gasteiger partial charge in [-0.2, -0.15) is 0 Å². The lowest BCUT2D eigenvalue weighted by Gasteiger charge is -2.20. The number of halogens is 4. The second-order valence-electron chi connectivity index (χ2n) is 7.05. The Kier molecular flexibility index (Phi) is 5.88. The molecule has 156 valence electrons. The molecular weight excluding hydrogens is 415 g/mol. The number of ether oxygens (including phenoxy) is 2. The second-order valence-corrected chi connectivity index (χ2v) is 7.45. The molecule has 0 atom stereocenters. The van der Waals surface area contributed by atoms with Crippen LogP contribution < -0.4 is 9.47 Å². The van der Waals surface area contributed by atoms with E-state index in [4.69, 9.17) is 16.3 Å². The predicted octanol–water partition coefficient (Wildman–Crippen LogP) is 6.30. The zero-order chi connectivity index (χ0) is 21.1. The van der Waals surface area contributed by atoms with Gasteiger partial charge in [-0.25, -0.2) is 0 Å². The Hall–Kier alpha value is -2.70. The summed E-state index contributed by atoms with van der Waals surface area (Å²) >= 11 is 6.30. The molecule has 0 radical (unpaired) electrons. The topological polar surface area (TPSA) is 21.7 Å². The second kappa shape index (κ2) is 8.58. The van der Waals surface area contributed by atoms with Gasteiger partial charge in [-0.1, -0.05) is 48.0 Å². The largest absolute Gasteiger partial charge is 0.573 e. The highest BCUT2D eigenvalue weighted by atomic mass is 35.5. The molecule has 0 saturated heterocycles. The number of alkyl halides is 3. The van der Waals surface area contributed by atoms with Gasteiger partial charge in [0.15, 0.2) is 0 Å². The lowest BCUT2D eigenvalue weighted by molar-refractivity contribution is -0.274. The lowest BCUT2D eigenvalue weighted by Crippen LogP contribution is -2.25. The van der Waals surface area contributed by atoms with Crippen molar-refractivity contribution in [3.63, 3.8) is 0 Å². The molecule has 0 amide bonds. The van der Waals surface area contributed by atoms with Crippen molar-refractivity contribution < 1.29 is 22.6 Å². The summed E-state index contributed by atoms with van der Waals surface area (Å²) in [5.74, 6) is 0.577. The van der Waals surface area contributed by atoms with Gasteiger partial charge in [0.1, 0.15) is 18.1 Å². The molecule has 1 heterocycles. The number of fused-ring (bicyclic) bond motifs is 1. The number of hydrogen-bond acceptors (Lipinski definition) is 3. The summed E-state index contributed by atoms with van der Waals surface area (Å²) < 4.78 is 46.9. The van der Waals surface area contributed by atoms with Crippen LogP contribution in [0.3, 0.4) is 0 Å². The maximum atomic E-state index is 12.4. The van der Waals surface area contributed by atoms with Crippen LogP contribution in [0.1, 0.15) is 11.1 Å². The third-order valence-corrected chi connectivity index (χ3v) is 5.26. The van der Waals surface area contributed by atoms with E-state index >= 15 is 0 Å². The average molecular weight is 434 g/mol. The highest BCUT2D eigenvalue weighted by Crippen LogP contribution is 2.32. The molecule has 4 rings (SSSR count). The first kappa shape index (κ1) is 20.6. The van der Waals surface area contributed by atoms with E-state index < -0.39 is 6.36 Å². The van der Waals surface area contributed by atoms with E-state index in [9.17, 15) is 13.2 Å². The Labute approximate surface area is 177 Å². The fraction of sp³-hybridized carbons (Fsp3) is 0.217. The third-order valence-electron chi connectivity index (χ3n) is 4.89. The maximum absolute atomic E-state index is 12.4. The maximum Gasteiger partial charge on any atom is 0.573 e. The molecule has 1 aliphatic rings. The minimum atomic E-state index is -4.70. The Bertz CT molecular complexity index is 1020. The van der Waals surface area contributed by atoms with Crippen molar-refractivity contribution in [3.8, 4) is 22.6 Å². The van der Waals surface area contributed by atoms with E-state index in [1.54, 1.807) is 12.1 Å². The molecule has 3 aromatic carbocycles. The highest BCUT2D eigenvalue weighted by molar-refractivity contribution is 6.31. The van der Waals surface area contributed by atoms with Gasteiger partial charge in [0, 0.05) is 30.2 Å². The Balaban J connectivity index is 1.54. The predicted molar refractivity (Wildman–Crippen MR) is 110 cm³/mol. The molecule has 0 aromatic heterocycles. The Morgan fingerprint density at radius 3 is 2.43 bits per heavy atom. The van der Waals surface area contributed by atoms with E-state index in [-0.39, 0.29) is 5.75 Å². The van der Waals surface area contributed by atoms with Crippen molar-refractivity contribution in [2.75, 3.05) is 13.2 Å². The lowest BCUT2D eigenvalue weighted by atomic mass is 10.0. The van der Waals surface area contributed by atoms with E-state index in [1.807, 2.05) is 42.5 Å². The molecule has 0 N–H and O–H groups in total. The summed E-state index contributed by atoms with van der Waals surface area (Å²) in [6, 6.07) is 19.4. The van der Waals surface area contributed by atoms with Gasteiger partial charge in [0.05, 0.1) is 0 Å². The van der Waals surface area contributed by atoms with E-state index in [0.717, 1.165) is 39.6 Å². The molecule has 0 bridgehead atoms. The molecule has 0 spiro atoms. The summed E-state index contributed by atoms with van der Waals surface area (Å²) in [4.78, 5) is 2.26. The van der Waals surface area contributed by atoms with Crippen LogP contribution in [0.2, 0.25) is 5.02 Å². The molecule has 0 saturated carbocycles. The molecule has 7 heteroatoms. The average Bonchev–Trinajstić information content (AvgIpc) is 2.90. The van der Waals surface area contributed by atoms with Crippen molar-refractivity contribution in [2.24, 2.45) is 0 Å². The summed E-state index contributed by atoms with van der Waals surface area (Å²) in [5, 5.41) is 0.734. The molecule has 0 unspecified atom stereocenters. The summed E-state index contributed by atoms with van der Waals surface area (Å²) in [5.41, 5.74) is 3.77. The van der Waals surface area contributed by atoms with Gasteiger partial charge < -0.3 is 9.47 Å². The smallest absolute Gasteiger partial charge is 0.492 e. The SMILES string of the molecule is FC(F)(F)Oc1ccc(-c2ccc3c(c2)CN(Cc2ccccc2Cl)CCO3)cc1. The molecule has 3 nitrogen and oxygen atoms in total. The molecule has 30 heavy (non-hydrogen) atoms. The van der Waals surface area contributed by atoms with Gasteiger partial charge in [0.2, 0.25) is 0 Å². The zero-order valence-corrected chi connectivity index (χ0v) is 16.7. The van der Waals surface area contributed by atoms with Crippen molar-refractivity contribution in [2.45, 2.75) is 19.5 Å². The molecule has 0 fully saturated rings. The van der Waals surface area contributed by atoms with Gasteiger partial charge in [-0.05, 0) is 47.0 Å². The number of nitrogens with zero attached hydrogens (tertiary/aromatic N) is 1. The quantitative estimate of drug-likeness (QED) is 0.482. The van der Waals surface area contributed by atoms with E-state index in [2.05, 4.69) is 9.64 Å². The fourth-order valence-corrected chi connectivity index (χ4v) is 3.68. The van der Waals surface area contributed by atoms with Crippen LogP contribution in [0, 0.1) is 0 Å². The molecule has 3 aromatic rings. The van der Waals surface area contributed by atoms with E-state index in [1.165, 1.54) is 12.1 Å². The summed E-state index contributed by atoms with van der Waals surface area (Å²) in [6.07, 6.45) is -4.70. The van der Waals surface area contributed by atoms with Crippen molar-refractivity contribution in [3.05, 3.63) is 82.9 Å². The summed E-state index contributed by atoms with van der Waals surface area (Å²) in [7, 11) is 0. The van der Waals surface area contributed by atoms with Crippen molar-refractivity contribution in [1.29, 1.82) is 0 Å². The van der Waals surface area contributed by atoms with Gasteiger partial charge in [-0.3, -0.25) is 4.90 Å². The Morgan fingerprint density at radius 1 is 0.967 bits per heavy atom. The van der Waals surface area contributed by atoms with Crippen LogP contribution in [-0.2, 0) is 13.1 Å². The van der Waals surface area contributed by atoms with Crippen LogP contribution >= 0.6 is 11.6 Å². The fourth-order valence-electron chi connectivity index (χ4n) is 3.48. The van der Waals surface area contributed by atoms with Crippen LogP contribution in [0.4, 0.5) is 13.2 Å². The first-order valence-corrected chi connectivity index (χ1v) is 9.83. The van der Waals surface area contributed by atoms with Crippen LogP contribution in [0.5, 0.6) is 11.5 Å². The zero-order valence-electron chi connectivity index (χ0n) is 16.0. The summed E-state index contributed by atoms with van der Waals surface area (Å²) in [6.45, 7) is 2.72. The molecule has 1 aliphatic heterocycles. The van der Waals surface area contributed by atoms with Gasteiger partial charge in [-0.15, -0.1) is 13.2 Å². The number of rotatable bonds is 4.